The Labute approximate surface area is 85.1 Å². The molecule has 14 heavy (non-hydrogen) atoms. The van der Waals surface area contributed by atoms with Gasteiger partial charge in [0.05, 0.1) is 0 Å². The van der Waals surface area contributed by atoms with Crippen molar-refractivity contribution in [2.24, 2.45) is 5.73 Å². The van der Waals surface area contributed by atoms with Crippen LogP contribution in [0.2, 0.25) is 0 Å². The van der Waals surface area contributed by atoms with Crippen LogP contribution in [0, 0.1) is 19.3 Å². The van der Waals surface area contributed by atoms with E-state index < -0.39 is 0 Å². The molecule has 1 atom stereocenters. The number of rotatable bonds is 3. The van der Waals surface area contributed by atoms with Crippen molar-refractivity contribution in [2.75, 3.05) is 6.61 Å². The van der Waals surface area contributed by atoms with E-state index in [-0.39, 0.29) is 12.6 Å². The molecular formula is C12H15NO. The van der Waals surface area contributed by atoms with Crippen LogP contribution in [-0.4, -0.2) is 6.61 Å². The number of hydrogen-bond donors (Lipinski definition) is 1. The van der Waals surface area contributed by atoms with E-state index in [1.807, 2.05) is 32.0 Å². The van der Waals surface area contributed by atoms with Gasteiger partial charge < -0.3 is 10.5 Å². The van der Waals surface area contributed by atoms with E-state index in [4.69, 9.17) is 16.9 Å². The van der Waals surface area contributed by atoms with Crippen molar-refractivity contribution in [1.29, 1.82) is 0 Å². The Kier molecular flexibility index (Phi) is 3.55. The van der Waals surface area contributed by atoms with E-state index in [0.717, 1.165) is 16.9 Å². The Hall–Kier alpha value is -1.46. The molecule has 0 bridgehead atoms. The molecule has 0 spiro atoms. The van der Waals surface area contributed by atoms with Gasteiger partial charge in [0.1, 0.15) is 12.4 Å². The molecule has 1 aromatic carbocycles. The quantitative estimate of drug-likeness (QED) is 0.738. The Morgan fingerprint density at radius 2 is 2.29 bits per heavy atom. The number of nitrogens with two attached hydrogens (primary N) is 1. The Morgan fingerprint density at radius 3 is 2.86 bits per heavy atom. The zero-order valence-corrected chi connectivity index (χ0v) is 8.58. The molecule has 0 aliphatic carbocycles. The third kappa shape index (κ3) is 2.51. The van der Waals surface area contributed by atoms with Crippen LogP contribution in [0.4, 0.5) is 0 Å². The first-order valence-corrected chi connectivity index (χ1v) is 4.57. The van der Waals surface area contributed by atoms with Gasteiger partial charge in [-0.2, -0.15) is 0 Å². The summed E-state index contributed by atoms with van der Waals surface area (Å²) in [6.45, 7) is 4.21. The first kappa shape index (κ1) is 10.6. The number of benzene rings is 1. The second-order valence-electron chi connectivity index (χ2n) is 3.32. The van der Waals surface area contributed by atoms with Crippen molar-refractivity contribution in [3.05, 3.63) is 29.3 Å². The van der Waals surface area contributed by atoms with Crippen molar-refractivity contribution in [3.8, 4) is 18.1 Å². The fourth-order valence-corrected chi connectivity index (χ4v) is 1.26. The molecule has 0 saturated carbocycles. The zero-order chi connectivity index (χ0) is 10.6. The molecule has 0 heterocycles. The van der Waals surface area contributed by atoms with Crippen LogP contribution in [0.25, 0.3) is 0 Å². The first-order chi connectivity index (χ1) is 6.65. The number of ether oxygens (including phenoxy) is 1. The number of aryl methyl sites for hydroxylation is 1. The maximum atomic E-state index is 5.80. The summed E-state index contributed by atoms with van der Waals surface area (Å²) < 4.78 is 5.41. The van der Waals surface area contributed by atoms with E-state index >= 15 is 0 Å². The molecule has 2 heteroatoms. The molecule has 0 aliphatic rings. The van der Waals surface area contributed by atoms with Gasteiger partial charge in [-0.15, -0.1) is 6.42 Å². The Balaban J connectivity index is 2.98. The highest BCUT2D eigenvalue weighted by atomic mass is 16.5. The highest BCUT2D eigenvalue weighted by Crippen LogP contribution is 2.24. The molecule has 0 amide bonds. The van der Waals surface area contributed by atoms with Gasteiger partial charge in [-0.25, -0.2) is 0 Å². The standard InChI is InChI=1S/C12H15NO/c1-4-7-14-12-8-9(2)5-6-11(12)10(3)13/h1,5-6,8,10H,7,13H2,2-3H3. The summed E-state index contributed by atoms with van der Waals surface area (Å²) in [6.07, 6.45) is 5.13. The lowest BCUT2D eigenvalue weighted by Gasteiger charge is -2.13. The van der Waals surface area contributed by atoms with Gasteiger partial charge in [-0.05, 0) is 25.5 Å². The highest BCUT2D eigenvalue weighted by Gasteiger charge is 2.07. The van der Waals surface area contributed by atoms with E-state index in [2.05, 4.69) is 5.92 Å². The van der Waals surface area contributed by atoms with Gasteiger partial charge in [-0.3, -0.25) is 0 Å². The molecule has 0 fully saturated rings. The van der Waals surface area contributed by atoms with Gasteiger partial charge in [0.2, 0.25) is 0 Å². The lowest BCUT2D eigenvalue weighted by molar-refractivity contribution is 0.364. The summed E-state index contributed by atoms with van der Waals surface area (Å²) in [5.74, 6) is 3.23. The van der Waals surface area contributed by atoms with Crippen LogP contribution in [0.5, 0.6) is 5.75 Å². The lowest BCUT2D eigenvalue weighted by Crippen LogP contribution is -2.08. The monoisotopic (exact) mass is 189 g/mol. The summed E-state index contributed by atoms with van der Waals surface area (Å²) in [4.78, 5) is 0. The van der Waals surface area contributed by atoms with Crippen molar-refractivity contribution in [1.82, 2.24) is 0 Å². The Morgan fingerprint density at radius 1 is 1.57 bits per heavy atom. The summed E-state index contributed by atoms with van der Waals surface area (Å²) in [5, 5.41) is 0. The van der Waals surface area contributed by atoms with E-state index in [0.29, 0.717) is 0 Å². The van der Waals surface area contributed by atoms with E-state index in [1.165, 1.54) is 0 Å². The summed E-state index contributed by atoms with van der Waals surface area (Å²) in [7, 11) is 0. The van der Waals surface area contributed by atoms with Crippen LogP contribution < -0.4 is 10.5 Å². The van der Waals surface area contributed by atoms with E-state index in [9.17, 15) is 0 Å². The largest absolute Gasteiger partial charge is 0.481 e. The fourth-order valence-electron chi connectivity index (χ4n) is 1.26. The fraction of sp³-hybridized carbons (Fsp3) is 0.333. The smallest absolute Gasteiger partial charge is 0.148 e. The van der Waals surface area contributed by atoms with Crippen molar-refractivity contribution < 1.29 is 4.74 Å². The van der Waals surface area contributed by atoms with Gasteiger partial charge in [0.15, 0.2) is 0 Å². The minimum Gasteiger partial charge on any atom is -0.481 e. The van der Waals surface area contributed by atoms with Gasteiger partial charge in [0, 0.05) is 11.6 Å². The normalized spacial score (nSPS) is 11.9. The van der Waals surface area contributed by atoms with Crippen molar-refractivity contribution in [3.63, 3.8) is 0 Å². The molecule has 1 aromatic rings. The molecule has 1 unspecified atom stereocenters. The van der Waals surface area contributed by atoms with Crippen molar-refractivity contribution >= 4 is 0 Å². The molecule has 0 aliphatic heterocycles. The average molecular weight is 189 g/mol. The zero-order valence-electron chi connectivity index (χ0n) is 8.58. The minimum atomic E-state index is -0.0385. The van der Waals surface area contributed by atoms with Crippen LogP contribution in [0.1, 0.15) is 24.1 Å². The predicted octanol–water partition coefficient (Wildman–Crippen LogP) is 2.03. The molecule has 2 N–H and O–H groups in total. The van der Waals surface area contributed by atoms with Crippen LogP contribution in [0.3, 0.4) is 0 Å². The average Bonchev–Trinajstić information content (AvgIpc) is 2.14. The topological polar surface area (TPSA) is 35.2 Å². The maximum Gasteiger partial charge on any atom is 0.148 e. The van der Waals surface area contributed by atoms with Gasteiger partial charge in [-0.1, -0.05) is 18.1 Å². The van der Waals surface area contributed by atoms with Gasteiger partial charge in [0.25, 0.3) is 0 Å². The predicted molar refractivity (Wildman–Crippen MR) is 58.1 cm³/mol. The second kappa shape index (κ2) is 4.69. The van der Waals surface area contributed by atoms with Crippen LogP contribution in [-0.2, 0) is 0 Å². The summed E-state index contributed by atoms with van der Waals surface area (Å²) in [5.41, 5.74) is 7.94. The number of hydrogen-bond acceptors (Lipinski definition) is 2. The van der Waals surface area contributed by atoms with E-state index in [1.54, 1.807) is 0 Å². The second-order valence-corrected chi connectivity index (χ2v) is 3.32. The maximum absolute atomic E-state index is 5.80. The molecule has 74 valence electrons. The molecule has 1 rings (SSSR count). The molecular weight excluding hydrogens is 174 g/mol. The number of terminal acetylenes is 1. The Bertz CT molecular complexity index is 350. The third-order valence-electron chi connectivity index (χ3n) is 1.97. The third-order valence-corrected chi connectivity index (χ3v) is 1.97. The molecule has 0 aromatic heterocycles. The summed E-state index contributed by atoms with van der Waals surface area (Å²) >= 11 is 0. The molecule has 2 nitrogen and oxygen atoms in total. The van der Waals surface area contributed by atoms with Gasteiger partial charge >= 0.3 is 0 Å². The van der Waals surface area contributed by atoms with Crippen LogP contribution in [0.15, 0.2) is 18.2 Å². The lowest BCUT2D eigenvalue weighted by atomic mass is 10.1. The molecule has 0 radical (unpaired) electrons. The van der Waals surface area contributed by atoms with Crippen LogP contribution >= 0.6 is 0 Å². The van der Waals surface area contributed by atoms with Crippen molar-refractivity contribution in [2.45, 2.75) is 19.9 Å². The highest BCUT2D eigenvalue weighted by molar-refractivity contribution is 5.39. The SMILES string of the molecule is C#CCOc1cc(C)ccc1C(C)N. The summed E-state index contributed by atoms with van der Waals surface area (Å²) in [6, 6.07) is 5.91. The molecule has 0 saturated heterocycles. The first-order valence-electron chi connectivity index (χ1n) is 4.57. The minimum absolute atomic E-state index is 0.0385.